The summed E-state index contributed by atoms with van der Waals surface area (Å²) in [5.41, 5.74) is 1.61. The third kappa shape index (κ3) is 2.46. The van der Waals surface area contributed by atoms with Crippen molar-refractivity contribution in [1.82, 2.24) is 10.6 Å². The Kier molecular flexibility index (Phi) is 3.96. The summed E-state index contributed by atoms with van der Waals surface area (Å²) < 4.78 is 16.8. The van der Waals surface area contributed by atoms with Gasteiger partial charge in [-0.25, -0.2) is 0 Å². The standard InChI is InChI=1S/C20H27N3O3/c1-21-19(22-9-5-13-3-4-15-16(11-13)26-12-25-15)23-17-14-6-10-24-18(14)20(17)7-2-8-20/h3-4,11,14,17-18H,2,5-10,12H2,1H3,(H2,21,22,23). The smallest absolute Gasteiger partial charge is 0.231 e. The van der Waals surface area contributed by atoms with Gasteiger partial charge in [-0.15, -0.1) is 0 Å². The number of nitrogens with one attached hydrogen (secondary N) is 2. The van der Waals surface area contributed by atoms with E-state index in [0.29, 0.717) is 30.3 Å². The molecule has 2 saturated carbocycles. The zero-order chi connectivity index (χ0) is 17.6. The molecule has 1 aromatic carbocycles. The van der Waals surface area contributed by atoms with E-state index in [0.717, 1.165) is 37.0 Å². The monoisotopic (exact) mass is 357 g/mol. The average Bonchev–Trinajstić information content (AvgIpc) is 3.24. The highest BCUT2D eigenvalue weighted by Gasteiger charge is 2.66. The van der Waals surface area contributed by atoms with Gasteiger partial charge >= 0.3 is 0 Å². The molecule has 3 fully saturated rings. The van der Waals surface area contributed by atoms with Crippen molar-refractivity contribution in [2.75, 3.05) is 27.0 Å². The summed E-state index contributed by atoms with van der Waals surface area (Å²) in [6.45, 7) is 2.08. The van der Waals surface area contributed by atoms with Crippen LogP contribution in [0.3, 0.4) is 0 Å². The predicted octanol–water partition coefficient (Wildman–Crippen LogP) is 2.08. The Morgan fingerprint density at radius 2 is 2.15 bits per heavy atom. The molecule has 0 amide bonds. The van der Waals surface area contributed by atoms with Crippen LogP contribution in [0, 0.1) is 11.3 Å². The molecule has 3 atom stereocenters. The van der Waals surface area contributed by atoms with Gasteiger partial charge < -0.3 is 24.8 Å². The minimum Gasteiger partial charge on any atom is -0.454 e. The maximum absolute atomic E-state index is 6.01. The SMILES string of the molecule is CN=C(NCCc1ccc2c(c1)OCO2)NC1C2CCOC2C12CCC2. The summed E-state index contributed by atoms with van der Waals surface area (Å²) in [5.74, 6) is 3.25. The van der Waals surface area contributed by atoms with Gasteiger partial charge in [0.2, 0.25) is 6.79 Å². The van der Waals surface area contributed by atoms with Crippen molar-refractivity contribution in [3.63, 3.8) is 0 Å². The number of guanidine groups is 1. The number of hydrogen-bond donors (Lipinski definition) is 2. The fourth-order valence-electron chi connectivity index (χ4n) is 5.22. The lowest BCUT2D eigenvalue weighted by Crippen LogP contribution is -2.72. The van der Waals surface area contributed by atoms with Gasteiger partial charge in [0.15, 0.2) is 17.5 Å². The molecule has 1 aromatic rings. The first kappa shape index (κ1) is 16.2. The Labute approximate surface area is 154 Å². The van der Waals surface area contributed by atoms with E-state index in [9.17, 15) is 0 Å². The van der Waals surface area contributed by atoms with Gasteiger partial charge in [-0.1, -0.05) is 12.5 Å². The van der Waals surface area contributed by atoms with Gasteiger partial charge in [-0.05, 0) is 43.4 Å². The van der Waals surface area contributed by atoms with Crippen molar-refractivity contribution in [3.05, 3.63) is 23.8 Å². The van der Waals surface area contributed by atoms with Crippen molar-refractivity contribution < 1.29 is 14.2 Å². The summed E-state index contributed by atoms with van der Waals surface area (Å²) in [5, 5.41) is 7.19. The normalized spacial score (nSPS) is 30.5. The Hall–Kier alpha value is -1.95. The minimum atomic E-state index is 0.322. The number of benzene rings is 1. The van der Waals surface area contributed by atoms with Crippen LogP contribution >= 0.6 is 0 Å². The molecule has 0 radical (unpaired) electrons. The number of rotatable bonds is 4. The van der Waals surface area contributed by atoms with Crippen LogP contribution in [0.2, 0.25) is 0 Å². The van der Waals surface area contributed by atoms with Crippen LogP contribution in [0.4, 0.5) is 0 Å². The molecule has 140 valence electrons. The van der Waals surface area contributed by atoms with Gasteiger partial charge in [0, 0.05) is 37.6 Å². The Balaban J connectivity index is 1.16. The molecule has 26 heavy (non-hydrogen) atoms. The largest absolute Gasteiger partial charge is 0.454 e. The molecule has 2 aliphatic carbocycles. The van der Waals surface area contributed by atoms with E-state index >= 15 is 0 Å². The highest BCUT2D eigenvalue weighted by atomic mass is 16.7. The van der Waals surface area contributed by atoms with Crippen LogP contribution in [-0.2, 0) is 11.2 Å². The quantitative estimate of drug-likeness (QED) is 0.638. The second-order valence-corrected chi connectivity index (χ2v) is 7.89. The molecular formula is C20H27N3O3. The highest BCUT2D eigenvalue weighted by molar-refractivity contribution is 5.80. The number of ether oxygens (including phenoxy) is 3. The van der Waals surface area contributed by atoms with Crippen molar-refractivity contribution in [1.29, 1.82) is 0 Å². The first-order valence-corrected chi connectivity index (χ1v) is 9.77. The first-order chi connectivity index (χ1) is 12.8. The molecule has 6 heteroatoms. The summed E-state index contributed by atoms with van der Waals surface area (Å²) >= 11 is 0. The molecular weight excluding hydrogens is 330 g/mol. The van der Waals surface area contributed by atoms with Crippen LogP contribution in [0.5, 0.6) is 11.5 Å². The van der Waals surface area contributed by atoms with E-state index in [1.807, 2.05) is 13.1 Å². The maximum Gasteiger partial charge on any atom is 0.231 e. The molecule has 6 nitrogen and oxygen atoms in total. The van der Waals surface area contributed by atoms with Crippen molar-refractivity contribution >= 4 is 5.96 Å². The lowest BCUT2D eigenvalue weighted by atomic mass is 9.46. The molecule has 2 heterocycles. The van der Waals surface area contributed by atoms with E-state index in [4.69, 9.17) is 14.2 Å². The number of hydrogen-bond acceptors (Lipinski definition) is 4. The molecule has 1 saturated heterocycles. The van der Waals surface area contributed by atoms with Gasteiger partial charge in [0.05, 0.1) is 6.10 Å². The summed E-state index contributed by atoms with van der Waals surface area (Å²) in [7, 11) is 1.85. The fourth-order valence-corrected chi connectivity index (χ4v) is 5.22. The Morgan fingerprint density at radius 3 is 2.96 bits per heavy atom. The minimum absolute atomic E-state index is 0.322. The maximum atomic E-state index is 6.01. The van der Waals surface area contributed by atoms with E-state index in [2.05, 4.69) is 27.8 Å². The summed E-state index contributed by atoms with van der Waals surface area (Å²) in [6, 6.07) is 6.66. The molecule has 2 N–H and O–H groups in total. The third-order valence-corrected chi connectivity index (χ3v) is 6.70. The van der Waals surface area contributed by atoms with Crippen LogP contribution < -0.4 is 20.1 Å². The zero-order valence-corrected chi connectivity index (χ0v) is 15.3. The van der Waals surface area contributed by atoms with E-state index in [1.54, 1.807) is 0 Å². The van der Waals surface area contributed by atoms with Crippen molar-refractivity contribution in [2.24, 2.45) is 16.3 Å². The van der Waals surface area contributed by atoms with Gasteiger partial charge in [-0.2, -0.15) is 0 Å². The topological polar surface area (TPSA) is 64.1 Å². The predicted molar refractivity (Wildman–Crippen MR) is 98.7 cm³/mol. The molecule has 1 spiro atoms. The number of fused-ring (bicyclic) bond motifs is 3. The van der Waals surface area contributed by atoms with Crippen LogP contribution in [0.25, 0.3) is 0 Å². The number of nitrogens with zero attached hydrogens (tertiary/aromatic N) is 1. The van der Waals surface area contributed by atoms with Crippen LogP contribution in [-0.4, -0.2) is 45.1 Å². The lowest BCUT2D eigenvalue weighted by molar-refractivity contribution is -0.171. The summed E-state index contributed by atoms with van der Waals surface area (Å²) in [4.78, 5) is 4.45. The zero-order valence-electron chi connectivity index (χ0n) is 15.3. The number of aliphatic imine (C=N–C) groups is 1. The van der Waals surface area contributed by atoms with Gasteiger partial charge in [-0.3, -0.25) is 4.99 Å². The van der Waals surface area contributed by atoms with E-state index < -0.39 is 0 Å². The highest BCUT2D eigenvalue weighted by Crippen LogP contribution is 2.62. The Bertz CT molecular complexity index is 716. The molecule has 3 unspecified atom stereocenters. The van der Waals surface area contributed by atoms with Crippen LogP contribution in [0.1, 0.15) is 31.2 Å². The van der Waals surface area contributed by atoms with E-state index in [1.165, 1.54) is 31.2 Å². The Morgan fingerprint density at radius 1 is 1.27 bits per heavy atom. The fraction of sp³-hybridized carbons (Fsp3) is 0.650. The first-order valence-electron chi connectivity index (χ1n) is 9.77. The molecule has 0 bridgehead atoms. The molecule has 2 aliphatic heterocycles. The molecule has 4 aliphatic rings. The van der Waals surface area contributed by atoms with Gasteiger partial charge in [0.1, 0.15) is 0 Å². The van der Waals surface area contributed by atoms with Gasteiger partial charge in [0.25, 0.3) is 0 Å². The second-order valence-electron chi connectivity index (χ2n) is 7.89. The second kappa shape index (κ2) is 6.34. The molecule has 0 aromatic heterocycles. The van der Waals surface area contributed by atoms with E-state index in [-0.39, 0.29) is 0 Å². The molecule has 5 rings (SSSR count). The van der Waals surface area contributed by atoms with Crippen molar-refractivity contribution in [3.8, 4) is 11.5 Å². The summed E-state index contributed by atoms with van der Waals surface area (Å²) in [6.07, 6.45) is 6.50. The van der Waals surface area contributed by atoms with Crippen LogP contribution in [0.15, 0.2) is 23.2 Å². The average molecular weight is 357 g/mol. The lowest BCUT2D eigenvalue weighted by Gasteiger charge is -2.63. The van der Waals surface area contributed by atoms with Crippen molar-refractivity contribution in [2.45, 2.75) is 44.2 Å². The third-order valence-electron chi connectivity index (χ3n) is 6.70.